The normalized spacial score (nSPS) is 25.6. The van der Waals surface area contributed by atoms with Crippen LogP contribution < -0.4 is 10.6 Å². The summed E-state index contributed by atoms with van der Waals surface area (Å²) in [7, 11) is -4.03. The van der Waals surface area contributed by atoms with Gasteiger partial charge in [0.2, 0.25) is 5.91 Å². The van der Waals surface area contributed by atoms with Gasteiger partial charge in [0.25, 0.3) is 5.91 Å². The highest BCUT2D eigenvalue weighted by atomic mass is 35.5. The van der Waals surface area contributed by atoms with Crippen molar-refractivity contribution in [2.24, 2.45) is 11.8 Å². The number of fused-ring (bicyclic) bond motifs is 2. The van der Waals surface area contributed by atoms with Crippen LogP contribution in [-0.2, 0) is 14.6 Å². The van der Waals surface area contributed by atoms with Crippen molar-refractivity contribution < 1.29 is 37.0 Å². The van der Waals surface area contributed by atoms with Crippen LogP contribution >= 0.6 is 11.6 Å². The first-order valence-corrected chi connectivity index (χ1v) is 14.2. The number of amides is 2. The second-order valence-corrected chi connectivity index (χ2v) is 12.8. The lowest BCUT2D eigenvalue weighted by Crippen LogP contribution is -2.51. The van der Waals surface area contributed by atoms with Gasteiger partial charge in [0.1, 0.15) is 0 Å². The third-order valence-electron chi connectivity index (χ3n) is 7.53. The second kappa shape index (κ2) is 10.9. The number of carbonyl (C=O) groups excluding carboxylic acids is 2. The predicted molar refractivity (Wildman–Crippen MR) is 136 cm³/mol. The summed E-state index contributed by atoms with van der Waals surface area (Å²) in [6.07, 6.45) is 0.483. The van der Waals surface area contributed by atoms with Gasteiger partial charge in [-0.25, -0.2) is 17.2 Å². The molecule has 2 saturated carbocycles. The average Bonchev–Trinajstić information content (AvgIpc) is 3.00. The predicted octanol–water partition coefficient (Wildman–Crippen LogP) is 3.45. The lowest BCUT2D eigenvalue weighted by atomic mass is 9.72. The molecule has 206 valence electrons. The molecule has 8 nitrogen and oxygen atoms in total. The zero-order chi connectivity index (χ0) is 27.8. The molecule has 2 amide bonds. The molecule has 2 aliphatic rings. The van der Waals surface area contributed by atoms with Crippen LogP contribution in [0.2, 0.25) is 5.02 Å². The van der Waals surface area contributed by atoms with E-state index in [1.807, 2.05) is 0 Å². The number of aliphatic hydroxyl groups excluding tert-OH is 1. The van der Waals surface area contributed by atoms with E-state index < -0.39 is 62.1 Å². The highest BCUT2D eigenvalue weighted by molar-refractivity contribution is 7.92. The highest BCUT2D eigenvalue weighted by Gasteiger charge is 2.56. The Morgan fingerprint density at radius 2 is 1.76 bits per heavy atom. The molecule has 0 aromatic heterocycles. The second-order valence-electron chi connectivity index (χ2n) is 10.2. The number of rotatable bonds is 8. The van der Waals surface area contributed by atoms with Crippen LogP contribution in [0, 0.1) is 23.5 Å². The van der Waals surface area contributed by atoms with Gasteiger partial charge in [-0.15, -0.1) is 0 Å². The average molecular weight is 571 g/mol. The van der Waals surface area contributed by atoms with Gasteiger partial charge < -0.3 is 20.8 Å². The summed E-state index contributed by atoms with van der Waals surface area (Å²) in [5.74, 6) is -4.19. The summed E-state index contributed by atoms with van der Waals surface area (Å²) in [5, 5.41) is 24.8. The van der Waals surface area contributed by atoms with Crippen molar-refractivity contribution in [1.29, 1.82) is 0 Å². The third kappa shape index (κ3) is 5.70. The molecule has 2 bridgehead atoms. The molecule has 0 heterocycles. The molecule has 5 atom stereocenters. The number of nitrogens with one attached hydrogen (secondary N) is 2. The molecule has 3 unspecified atom stereocenters. The summed E-state index contributed by atoms with van der Waals surface area (Å²) in [5.41, 5.74) is -1.39. The fourth-order valence-electron chi connectivity index (χ4n) is 5.55. The fraction of sp³-hybridized carbons (Fsp3) is 0.462. The van der Waals surface area contributed by atoms with Crippen LogP contribution in [0.1, 0.15) is 49.4 Å². The third-order valence-corrected chi connectivity index (χ3v) is 10.2. The number of hydrogen-bond acceptors (Lipinski definition) is 6. The minimum Gasteiger partial charge on any atom is -0.392 e. The zero-order valence-electron chi connectivity index (χ0n) is 20.6. The van der Waals surface area contributed by atoms with E-state index in [9.17, 15) is 37.0 Å². The van der Waals surface area contributed by atoms with Crippen molar-refractivity contribution in [3.8, 4) is 0 Å². The van der Waals surface area contributed by atoms with Gasteiger partial charge in [0.05, 0.1) is 33.3 Å². The van der Waals surface area contributed by atoms with E-state index in [0.717, 1.165) is 18.2 Å². The quantitative estimate of drug-likeness (QED) is 0.384. The minimum absolute atomic E-state index is 0.00567. The van der Waals surface area contributed by atoms with Crippen LogP contribution in [0.25, 0.3) is 0 Å². The van der Waals surface area contributed by atoms with Crippen molar-refractivity contribution in [1.82, 2.24) is 5.32 Å². The summed E-state index contributed by atoms with van der Waals surface area (Å²) in [4.78, 5) is 24.8. The number of halogens is 3. The monoisotopic (exact) mass is 570 g/mol. The first-order chi connectivity index (χ1) is 17.8. The Hall–Kier alpha value is -2.60. The maximum atomic E-state index is 13.7. The van der Waals surface area contributed by atoms with Crippen LogP contribution in [0.15, 0.2) is 41.3 Å². The van der Waals surface area contributed by atoms with Gasteiger partial charge in [-0.3, -0.25) is 9.59 Å². The Kier molecular flexibility index (Phi) is 8.13. The molecule has 0 saturated heterocycles. The lowest BCUT2D eigenvalue weighted by Gasteiger charge is -2.42. The van der Waals surface area contributed by atoms with Crippen LogP contribution in [0.3, 0.4) is 0 Å². The number of hydrogen-bond donors (Lipinski definition) is 4. The summed E-state index contributed by atoms with van der Waals surface area (Å²) >= 11 is 6.25. The van der Waals surface area contributed by atoms with Gasteiger partial charge in [0.15, 0.2) is 21.5 Å². The van der Waals surface area contributed by atoms with Gasteiger partial charge in [-0.05, 0) is 74.8 Å². The number of aliphatic hydroxyl groups is 2. The van der Waals surface area contributed by atoms with Gasteiger partial charge in [0, 0.05) is 23.9 Å². The first kappa shape index (κ1) is 28.4. The van der Waals surface area contributed by atoms with Crippen molar-refractivity contribution in [2.45, 2.75) is 60.9 Å². The minimum atomic E-state index is -4.03. The summed E-state index contributed by atoms with van der Waals surface area (Å²) in [6.45, 7) is 1.58. The Morgan fingerprint density at radius 3 is 2.37 bits per heavy atom. The molecular formula is C26H29ClF2N2O6S. The number of sulfone groups is 1. The maximum absolute atomic E-state index is 13.7. The smallest absolute Gasteiger partial charge is 0.255 e. The van der Waals surface area contributed by atoms with E-state index in [2.05, 4.69) is 10.6 Å². The van der Waals surface area contributed by atoms with E-state index in [1.165, 1.54) is 25.1 Å². The Labute approximate surface area is 224 Å². The first-order valence-electron chi connectivity index (χ1n) is 12.3. The van der Waals surface area contributed by atoms with Gasteiger partial charge in [-0.1, -0.05) is 11.6 Å². The Bertz CT molecular complexity index is 1340. The molecule has 38 heavy (non-hydrogen) atoms. The molecule has 2 aliphatic carbocycles. The lowest BCUT2D eigenvalue weighted by molar-refractivity contribution is -0.133. The Balaban J connectivity index is 1.51. The molecule has 2 fully saturated rings. The standard InChI is InChI=1S/C26H29ClF2N2O6S/c1-14(32)13-30-24(33)12-26(35)16-3-4-17(26)10-19(9-16)38(36,37)23-8-15(2-6-20(23)27)25(34)31-18-5-7-21(28)22(29)11-18/h2,5-8,11,14,16-17,19,32,35H,3-4,9-10,12-13H2,1H3,(H,30,33)(H,31,34)/t14-,16+,17?,19?,26?/m1/s1. The topological polar surface area (TPSA) is 133 Å². The zero-order valence-corrected chi connectivity index (χ0v) is 22.2. The molecular weight excluding hydrogens is 542 g/mol. The van der Waals surface area contributed by atoms with E-state index in [0.29, 0.717) is 12.8 Å². The molecule has 2 aromatic carbocycles. The summed E-state index contributed by atoms with van der Waals surface area (Å²) in [6, 6.07) is 6.61. The molecule has 12 heteroatoms. The van der Waals surface area contributed by atoms with Crippen LogP contribution in [0.5, 0.6) is 0 Å². The number of anilines is 1. The molecule has 0 aliphatic heterocycles. The molecule has 0 spiro atoms. The van der Waals surface area contributed by atoms with Crippen molar-refractivity contribution in [3.05, 3.63) is 58.6 Å². The molecule has 2 aromatic rings. The van der Waals surface area contributed by atoms with Crippen LogP contribution in [0.4, 0.5) is 14.5 Å². The molecule has 0 radical (unpaired) electrons. The van der Waals surface area contributed by atoms with E-state index in [1.54, 1.807) is 0 Å². The number of carbonyl (C=O) groups is 2. The summed E-state index contributed by atoms with van der Waals surface area (Å²) < 4.78 is 54.0. The van der Waals surface area contributed by atoms with Crippen molar-refractivity contribution in [2.75, 3.05) is 11.9 Å². The van der Waals surface area contributed by atoms with Gasteiger partial charge >= 0.3 is 0 Å². The Morgan fingerprint density at radius 1 is 1.11 bits per heavy atom. The highest BCUT2D eigenvalue weighted by Crippen LogP contribution is 2.53. The van der Waals surface area contributed by atoms with E-state index in [4.69, 9.17) is 11.6 Å². The number of benzene rings is 2. The SMILES string of the molecule is C[C@@H](O)CNC(=O)CC1(O)C2CC[C@H]1CC(S(=O)(=O)c1cc(C(=O)Nc3ccc(F)c(F)c3)ccc1Cl)C2. The molecule has 4 rings (SSSR count). The largest absolute Gasteiger partial charge is 0.392 e. The molecule has 4 N–H and O–H groups in total. The van der Waals surface area contributed by atoms with Gasteiger partial charge in [-0.2, -0.15) is 0 Å². The maximum Gasteiger partial charge on any atom is 0.255 e. The van der Waals surface area contributed by atoms with E-state index in [-0.39, 0.29) is 47.0 Å². The fourth-order valence-corrected chi connectivity index (χ4v) is 7.95. The van der Waals surface area contributed by atoms with Crippen molar-refractivity contribution >= 4 is 38.9 Å². The van der Waals surface area contributed by atoms with Crippen molar-refractivity contribution in [3.63, 3.8) is 0 Å². The van der Waals surface area contributed by atoms with E-state index >= 15 is 0 Å². The van der Waals surface area contributed by atoms with Crippen LogP contribution in [-0.4, -0.2) is 53.9 Å².